The highest BCUT2D eigenvalue weighted by Crippen LogP contribution is 2.28. The number of ether oxygens (including phenoxy) is 1. The quantitative estimate of drug-likeness (QED) is 0.645. The topological polar surface area (TPSA) is 26.3 Å². The van der Waals surface area contributed by atoms with E-state index in [1.165, 1.54) is 12.7 Å². The molecule has 0 heterocycles. The van der Waals surface area contributed by atoms with E-state index in [2.05, 4.69) is 24.8 Å². The van der Waals surface area contributed by atoms with Crippen molar-refractivity contribution < 1.29 is 9.53 Å². The van der Waals surface area contributed by atoms with Crippen LogP contribution in [0.3, 0.4) is 0 Å². The summed E-state index contributed by atoms with van der Waals surface area (Å²) >= 11 is 4.41. The second-order valence-corrected chi connectivity index (χ2v) is 5.16. The summed E-state index contributed by atoms with van der Waals surface area (Å²) in [5.74, 6) is -0.162. The molecular formula is C13H18O2S. The molecule has 1 rings (SSSR count). The van der Waals surface area contributed by atoms with Crippen molar-refractivity contribution in [1.29, 1.82) is 0 Å². The van der Waals surface area contributed by atoms with E-state index in [4.69, 9.17) is 4.74 Å². The van der Waals surface area contributed by atoms with Gasteiger partial charge in [0, 0.05) is 0 Å². The SMILES string of the molecule is COC(=O)C(C)(S)C(C)Cc1ccccc1. The normalized spacial score (nSPS) is 16.2. The summed E-state index contributed by atoms with van der Waals surface area (Å²) in [6.07, 6.45) is 0.815. The van der Waals surface area contributed by atoms with E-state index in [0.717, 1.165) is 6.42 Å². The molecular weight excluding hydrogens is 220 g/mol. The summed E-state index contributed by atoms with van der Waals surface area (Å²) < 4.78 is 4.01. The molecule has 3 heteroatoms. The van der Waals surface area contributed by atoms with Gasteiger partial charge in [-0.15, -0.1) is 0 Å². The molecule has 2 nitrogen and oxygen atoms in total. The molecule has 0 spiro atoms. The van der Waals surface area contributed by atoms with Crippen LogP contribution in [0, 0.1) is 5.92 Å². The predicted octanol–water partition coefficient (Wildman–Crippen LogP) is 2.73. The molecule has 1 aromatic rings. The van der Waals surface area contributed by atoms with Crippen LogP contribution in [0.25, 0.3) is 0 Å². The van der Waals surface area contributed by atoms with E-state index in [1.54, 1.807) is 6.92 Å². The molecule has 2 unspecified atom stereocenters. The third kappa shape index (κ3) is 3.01. The number of carbonyl (C=O) groups is 1. The van der Waals surface area contributed by atoms with Crippen molar-refractivity contribution in [3.05, 3.63) is 35.9 Å². The van der Waals surface area contributed by atoms with Crippen LogP contribution in [0.1, 0.15) is 19.4 Å². The molecule has 0 aromatic heterocycles. The third-order valence-corrected chi connectivity index (χ3v) is 3.57. The minimum absolute atomic E-state index is 0.116. The molecule has 88 valence electrons. The van der Waals surface area contributed by atoms with Crippen molar-refractivity contribution in [2.45, 2.75) is 25.0 Å². The molecule has 0 N–H and O–H groups in total. The van der Waals surface area contributed by atoms with Crippen molar-refractivity contribution >= 4 is 18.6 Å². The average molecular weight is 238 g/mol. The van der Waals surface area contributed by atoms with Gasteiger partial charge >= 0.3 is 5.97 Å². The summed E-state index contributed by atoms with van der Waals surface area (Å²) in [6, 6.07) is 10.1. The number of esters is 1. The van der Waals surface area contributed by atoms with Gasteiger partial charge in [0.25, 0.3) is 0 Å². The molecule has 0 saturated heterocycles. The smallest absolute Gasteiger partial charge is 0.321 e. The number of thiol groups is 1. The number of hydrogen-bond donors (Lipinski definition) is 1. The van der Waals surface area contributed by atoms with Crippen LogP contribution < -0.4 is 0 Å². The van der Waals surface area contributed by atoms with Crippen molar-refractivity contribution in [2.24, 2.45) is 5.92 Å². The van der Waals surface area contributed by atoms with Gasteiger partial charge in [0.15, 0.2) is 0 Å². The molecule has 0 amide bonds. The molecule has 0 saturated carbocycles. The maximum Gasteiger partial charge on any atom is 0.321 e. The lowest BCUT2D eigenvalue weighted by Gasteiger charge is -2.27. The first-order chi connectivity index (χ1) is 7.48. The Morgan fingerprint density at radius 3 is 2.50 bits per heavy atom. The largest absolute Gasteiger partial charge is 0.468 e. The number of hydrogen-bond acceptors (Lipinski definition) is 3. The summed E-state index contributed by atoms with van der Waals surface area (Å²) in [5.41, 5.74) is 1.21. The second-order valence-electron chi connectivity index (χ2n) is 4.23. The zero-order valence-corrected chi connectivity index (χ0v) is 10.8. The van der Waals surface area contributed by atoms with E-state index in [-0.39, 0.29) is 11.9 Å². The van der Waals surface area contributed by atoms with Gasteiger partial charge in [-0.3, -0.25) is 4.79 Å². The Morgan fingerprint density at radius 1 is 1.44 bits per heavy atom. The second kappa shape index (κ2) is 5.39. The standard InChI is InChI=1S/C13H18O2S/c1-10(13(2,16)12(14)15-3)9-11-7-5-4-6-8-11/h4-8,10,16H,9H2,1-3H3. The monoisotopic (exact) mass is 238 g/mol. The van der Waals surface area contributed by atoms with Crippen LogP contribution >= 0.6 is 12.6 Å². The Morgan fingerprint density at radius 2 is 2.00 bits per heavy atom. The Hall–Kier alpha value is -0.960. The fourth-order valence-corrected chi connectivity index (χ4v) is 1.76. The lowest BCUT2D eigenvalue weighted by molar-refractivity contribution is -0.144. The van der Waals surface area contributed by atoms with Gasteiger partial charge in [0.05, 0.1) is 7.11 Å². The Labute approximate surface area is 102 Å². The van der Waals surface area contributed by atoms with Gasteiger partial charge in [0.1, 0.15) is 4.75 Å². The molecule has 0 aliphatic rings. The van der Waals surface area contributed by atoms with Crippen LogP contribution in [-0.2, 0) is 16.0 Å². The highest BCUT2D eigenvalue weighted by molar-refractivity contribution is 7.82. The van der Waals surface area contributed by atoms with Crippen molar-refractivity contribution in [3.8, 4) is 0 Å². The first kappa shape index (κ1) is 13.1. The summed E-state index contributed by atoms with van der Waals surface area (Å²) in [4.78, 5) is 11.6. The molecule has 16 heavy (non-hydrogen) atoms. The Bertz CT molecular complexity index is 346. The van der Waals surface area contributed by atoms with Gasteiger partial charge < -0.3 is 4.74 Å². The highest BCUT2D eigenvalue weighted by Gasteiger charge is 2.36. The predicted molar refractivity (Wildman–Crippen MR) is 68.7 cm³/mol. The fraction of sp³-hybridized carbons (Fsp3) is 0.462. The number of methoxy groups -OCH3 is 1. The first-order valence-electron chi connectivity index (χ1n) is 5.33. The van der Waals surface area contributed by atoms with E-state index >= 15 is 0 Å². The van der Waals surface area contributed by atoms with Crippen LogP contribution in [0.2, 0.25) is 0 Å². The number of rotatable bonds is 4. The molecule has 1 aromatic carbocycles. The van der Waals surface area contributed by atoms with Crippen LogP contribution in [-0.4, -0.2) is 17.8 Å². The van der Waals surface area contributed by atoms with Gasteiger partial charge in [-0.1, -0.05) is 37.3 Å². The maximum atomic E-state index is 11.6. The van der Waals surface area contributed by atoms with Gasteiger partial charge in [-0.2, -0.15) is 12.6 Å². The van der Waals surface area contributed by atoms with Crippen molar-refractivity contribution in [3.63, 3.8) is 0 Å². The molecule has 0 bridgehead atoms. The van der Waals surface area contributed by atoms with Crippen LogP contribution in [0.5, 0.6) is 0 Å². The maximum absolute atomic E-state index is 11.6. The van der Waals surface area contributed by atoms with Gasteiger partial charge in [-0.25, -0.2) is 0 Å². The number of benzene rings is 1. The Balaban J connectivity index is 2.72. The molecule has 2 atom stereocenters. The van der Waals surface area contributed by atoms with Crippen molar-refractivity contribution in [1.82, 2.24) is 0 Å². The average Bonchev–Trinajstić information content (AvgIpc) is 2.29. The molecule has 0 fully saturated rings. The number of carbonyl (C=O) groups excluding carboxylic acids is 1. The van der Waals surface area contributed by atoms with Crippen LogP contribution in [0.15, 0.2) is 30.3 Å². The summed E-state index contributed by atoms with van der Waals surface area (Å²) in [5, 5.41) is 0. The lowest BCUT2D eigenvalue weighted by Crippen LogP contribution is -2.38. The highest BCUT2D eigenvalue weighted by atomic mass is 32.1. The minimum Gasteiger partial charge on any atom is -0.468 e. The minimum atomic E-state index is -0.745. The fourth-order valence-electron chi connectivity index (χ4n) is 1.57. The Kier molecular flexibility index (Phi) is 4.42. The third-order valence-electron chi connectivity index (χ3n) is 2.94. The molecule has 0 radical (unpaired) electrons. The summed E-state index contributed by atoms with van der Waals surface area (Å²) in [7, 11) is 1.39. The van der Waals surface area contributed by atoms with Gasteiger partial charge in [0.2, 0.25) is 0 Å². The first-order valence-corrected chi connectivity index (χ1v) is 5.78. The lowest BCUT2D eigenvalue weighted by atomic mass is 9.89. The van der Waals surface area contributed by atoms with E-state index in [9.17, 15) is 4.79 Å². The molecule has 0 aliphatic heterocycles. The zero-order chi connectivity index (χ0) is 12.2. The molecule has 0 aliphatic carbocycles. The van der Waals surface area contributed by atoms with E-state index in [1.807, 2.05) is 25.1 Å². The zero-order valence-electron chi connectivity index (χ0n) is 9.93. The van der Waals surface area contributed by atoms with E-state index in [0.29, 0.717) is 0 Å². The van der Waals surface area contributed by atoms with Gasteiger partial charge in [-0.05, 0) is 24.8 Å². The van der Waals surface area contributed by atoms with Crippen molar-refractivity contribution in [2.75, 3.05) is 7.11 Å². The summed E-state index contributed by atoms with van der Waals surface area (Å²) in [6.45, 7) is 3.81. The van der Waals surface area contributed by atoms with E-state index < -0.39 is 4.75 Å². The van der Waals surface area contributed by atoms with Crippen LogP contribution in [0.4, 0.5) is 0 Å².